The molecule has 0 spiro atoms. The average molecular weight is 220 g/mol. The fourth-order valence-electron chi connectivity index (χ4n) is 2.06. The van der Waals surface area contributed by atoms with Crippen molar-refractivity contribution < 1.29 is 0 Å². The summed E-state index contributed by atoms with van der Waals surface area (Å²) < 4.78 is 0. The number of nitrogens with one attached hydrogen (secondary N) is 2. The smallest absolute Gasteiger partial charge is 0.0753 e. The van der Waals surface area contributed by atoms with Crippen LogP contribution < -0.4 is 10.6 Å². The Morgan fingerprint density at radius 1 is 1.50 bits per heavy atom. The number of hydrogen-bond donors (Lipinski definition) is 2. The van der Waals surface area contributed by atoms with Crippen molar-refractivity contribution in [1.82, 2.24) is 20.6 Å². The molecule has 1 fully saturated rings. The summed E-state index contributed by atoms with van der Waals surface area (Å²) in [5.74, 6) is 0. The van der Waals surface area contributed by atoms with Crippen molar-refractivity contribution in [1.29, 1.82) is 0 Å². The molecule has 1 aliphatic heterocycles. The maximum absolute atomic E-state index is 4.30. The van der Waals surface area contributed by atoms with Crippen LogP contribution in [-0.2, 0) is 0 Å². The van der Waals surface area contributed by atoms with E-state index in [2.05, 4.69) is 27.5 Å². The Labute approximate surface area is 96.9 Å². The standard InChI is InChI=1S/C12H20N4/c1-10(12-9-13-6-7-15-12)16-8-11-4-2-3-5-14-11/h6-7,9-11,14,16H,2-5,8H2,1H3/t10-,11+/m0/s1. The van der Waals surface area contributed by atoms with Gasteiger partial charge in [0, 0.05) is 37.2 Å². The zero-order valence-corrected chi connectivity index (χ0v) is 9.82. The maximum Gasteiger partial charge on any atom is 0.0753 e. The molecule has 0 aromatic carbocycles. The third kappa shape index (κ3) is 3.25. The number of rotatable bonds is 4. The Kier molecular flexibility index (Phi) is 4.25. The molecule has 0 unspecified atom stereocenters. The predicted molar refractivity (Wildman–Crippen MR) is 64.1 cm³/mol. The number of hydrogen-bond acceptors (Lipinski definition) is 4. The number of aromatic nitrogens is 2. The maximum atomic E-state index is 4.30. The van der Waals surface area contributed by atoms with Gasteiger partial charge in [0.05, 0.1) is 5.69 Å². The topological polar surface area (TPSA) is 49.8 Å². The Hall–Kier alpha value is -1.00. The van der Waals surface area contributed by atoms with Crippen molar-refractivity contribution in [2.45, 2.75) is 38.3 Å². The lowest BCUT2D eigenvalue weighted by atomic mass is 10.0. The molecule has 0 radical (unpaired) electrons. The summed E-state index contributed by atoms with van der Waals surface area (Å²) in [4.78, 5) is 8.38. The molecule has 0 saturated carbocycles. The van der Waals surface area contributed by atoms with Crippen LogP contribution in [0.4, 0.5) is 0 Å². The molecule has 0 amide bonds. The van der Waals surface area contributed by atoms with E-state index in [0.717, 1.165) is 18.8 Å². The van der Waals surface area contributed by atoms with Crippen molar-refractivity contribution >= 4 is 0 Å². The summed E-state index contributed by atoms with van der Waals surface area (Å²) >= 11 is 0. The average Bonchev–Trinajstić information content (AvgIpc) is 2.38. The Morgan fingerprint density at radius 2 is 2.44 bits per heavy atom. The van der Waals surface area contributed by atoms with Crippen molar-refractivity contribution in [2.24, 2.45) is 0 Å². The molecule has 0 bridgehead atoms. The fourth-order valence-corrected chi connectivity index (χ4v) is 2.06. The van der Waals surface area contributed by atoms with Crippen molar-refractivity contribution in [3.8, 4) is 0 Å². The van der Waals surface area contributed by atoms with Gasteiger partial charge in [-0.3, -0.25) is 9.97 Å². The summed E-state index contributed by atoms with van der Waals surface area (Å²) in [6, 6.07) is 0.894. The van der Waals surface area contributed by atoms with E-state index in [9.17, 15) is 0 Å². The van der Waals surface area contributed by atoms with E-state index in [4.69, 9.17) is 0 Å². The molecule has 4 heteroatoms. The number of nitrogens with zero attached hydrogens (tertiary/aromatic N) is 2. The van der Waals surface area contributed by atoms with E-state index in [1.165, 1.54) is 19.3 Å². The van der Waals surface area contributed by atoms with Gasteiger partial charge in [-0.15, -0.1) is 0 Å². The van der Waals surface area contributed by atoms with E-state index >= 15 is 0 Å². The minimum absolute atomic E-state index is 0.275. The van der Waals surface area contributed by atoms with Gasteiger partial charge in [0.15, 0.2) is 0 Å². The molecule has 1 saturated heterocycles. The van der Waals surface area contributed by atoms with Gasteiger partial charge >= 0.3 is 0 Å². The van der Waals surface area contributed by atoms with Gasteiger partial charge in [-0.2, -0.15) is 0 Å². The van der Waals surface area contributed by atoms with Crippen molar-refractivity contribution in [2.75, 3.05) is 13.1 Å². The van der Waals surface area contributed by atoms with Crippen LogP contribution in [0.3, 0.4) is 0 Å². The first-order valence-electron chi connectivity index (χ1n) is 6.09. The molecule has 1 aliphatic rings. The quantitative estimate of drug-likeness (QED) is 0.802. The van der Waals surface area contributed by atoms with Crippen LogP contribution in [0.5, 0.6) is 0 Å². The summed E-state index contributed by atoms with van der Waals surface area (Å²) in [7, 11) is 0. The van der Waals surface area contributed by atoms with Crippen LogP contribution in [0.15, 0.2) is 18.6 Å². The summed E-state index contributed by atoms with van der Waals surface area (Å²) in [6.45, 7) is 4.30. The van der Waals surface area contributed by atoms with E-state index in [0.29, 0.717) is 6.04 Å². The third-order valence-corrected chi connectivity index (χ3v) is 3.11. The zero-order chi connectivity index (χ0) is 11.2. The van der Waals surface area contributed by atoms with E-state index in [-0.39, 0.29) is 6.04 Å². The predicted octanol–water partition coefficient (Wildman–Crippen LogP) is 1.27. The normalized spacial score (nSPS) is 22.9. The largest absolute Gasteiger partial charge is 0.313 e. The highest BCUT2D eigenvalue weighted by Crippen LogP contribution is 2.09. The van der Waals surface area contributed by atoms with Crippen LogP contribution in [0.1, 0.15) is 37.9 Å². The van der Waals surface area contributed by atoms with Gasteiger partial charge < -0.3 is 10.6 Å². The zero-order valence-electron chi connectivity index (χ0n) is 9.82. The van der Waals surface area contributed by atoms with Crippen LogP contribution in [0, 0.1) is 0 Å². The van der Waals surface area contributed by atoms with Gasteiger partial charge in [0.1, 0.15) is 0 Å². The first-order chi connectivity index (χ1) is 7.86. The summed E-state index contributed by atoms with van der Waals surface area (Å²) in [5, 5.41) is 7.03. The van der Waals surface area contributed by atoms with Crippen molar-refractivity contribution in [3.05, 3.63) is 24.3 Å². The third-order valence-electron chi connectivity index (χ3n) is 3.11. The SMILES string of the molecule is C[C@H](NC[C@H]1CCCCN1)c1cnccn1. The first-order valence-corrected chi connectivity index (χ1v) is 6.09. The minimum Gasteiger partial charge on any atom is -0.313 e. The van der Waals surface area contributed by atoms with Gasteiger partial charge in [-0.1, -0.05) is 6.42 Å². The molecular weight excluding hydrogens is 200 g/mol. The second-order valence-electron chi connectivity index (χ2n) is 4.41. The molecule has 4 nitrogen and oxygen atoms in total. The lowest BCUT2D eigenvalue weighted by Crippen LogP contribution is -2.42. The molecule has 1 aromatic rings. The van der Waals surface area contributed by atoms with Gasteiger partial charge in [-0.25, -0.2) is 0 Å². The molecular formula is C12H20N4. The monoisotopic (exact) mass is 220 g/mol. The first kappa shape index (κ1) is 11.5. The molecule has 2 rings (SSSR count). The van der Waals surface area contributed by atoms with Crippen LogP contribution in [0.25, 0.3) is 0 Å². The molecule has 2 atom stereocenters. The Balaban J connectivity index is 1.77. The van der Waals surface area contributed by atoms with Gasteiger partial charge in [-0.05, 0) is 26.3 Å². The lowest BCUT2D eigenvalue weighted by molar-refractivity contribution is 0.370. The van der Waals surface area contributed by atoms with Crippen molar-refractivity contribution in [3.63, 3.8) is 0 Å². The molecule has 88 valence electrons. The van der Waals surface area contributed by atoms with Gasteiger partial charge in [0.25, 0.3) is 0 Å². The Morgan fingerprint density at radius 3 is 3.12 bits per heavy atom. The van der Waals surface area contributed by atoms with E-state index in [1.807, 2.05) is 6.20 Å². The molecule has 2 heterocycles. The van der Waals surface area contributed by atoms with Crippen LogP contribution >= 0.6 is 0 Å². The molecule has 2 N–H and O–H groups in total. The highest BCUT2D eigenvalue weighted by atomic mass is 15.0. The van der Waals surface area contributed by atoms with Crippen LogP contribution in [-0.4, -0.2) is 29.1 Å². The molecule has 16 heavy (non-hydrogen) atoms. The molecule has 0 aliphatic carbocycles. The summed E-state index contributed by atoms with van der Waals surface area (Å²) in [5.41, 5.74) is 1.01. The Bertz CT molecular complexity index is 295. The highest BCUT2D eigenvalue weighted by molar-refractivity contribution is 5.00. The number of piperidine rings is 1. The minimum atomic E-state index is 0.275. The lowest BCUT2D eigenvalue weighted by Gasteiger charge is -2.25. The fraction of sp³-hybridized carbons (Fsp3) is 0.667. The van der Waals surface area contributed by atoms with E-state index < -0.39 is 0 Å². The van der Waals surface area contributed by atoms with Gasteiger partial charge in [0.2, 0.25) is 0 Å². The van der Waals surface area contributed by atoms with E-state index in [1.54, 1.807) is 12.4 Å². The van der Waals surface area contributed by atoms with Crippen LogP contribution in [0.2, 0.25) is 0 Å². The second-order valence-corrected chi connectivity index (χ2v) is 4.41. The highest BCUT2D eigenvalue weighted by Gasteiger charge is 2.14. The second kappa shape index (κ2) is 5.92. The molecule has 1 aromatic heterocycles. The summed E-state index contributed by atoms with van der Waals surface area (Å²) in [6.07, 6.45) is 9.21.